The van der Waals surface area contributed by atoms with Crippen LogP contribution in [-0.4, -0.2) is 39.2 Å². The number of hydrogen-bond acceptors (Lipinski definition) is 5. The molecule has 2 heterocycles. The van der Waals surface area contributed by atoms with Gasteiger partial charge in [-0.25, -0.2) is 0 Å². The molecule has 0 unspecified atom stereocenters. The summed E-state index contributed by atoms with van der Waals surface area (Å²) in [5.41, 5.74) is 5.70. The van der Waals surface area contributed by atoms with Gasteiger partial charge in [0, 0.05) is 29.8 Å². The van der Waals surface area contributed by atoms with Crippen molar-refractivity contribution in [2.75, 3.05) is 13.1 Å². The summed E-state index contributed by atoms with van der Waals surface area (Å²) in [6.45, 7) is 3.23. The van der Waals surface area contributed by atoms with Crippen molar-refractivity contribution in [1.29, 1.82) is 0 Å². The SMILES string of the molecule is Cc1ccc(-c2nnc(-c3ccc(C(=O)N4CC=C(c5ccc(O)cc5)CC4)cc3)o2)cc1. The molecule has 3 aromatic carbocycles. The van der Waals surface area contributed by atoms with Gasteiger partial charge in [0.2, 0.25) is 11.8 Å². The summed E-state index contributed by atoms with van der Waals surface area (Å²) in [4.78, 5) is 14.8. The number of phenols is 1. The molecule has 1 aliphatic heterocycles. The third-order valence-electron chi connectivity index (χ3n) is 5.84. The van der Waals surface area contributed by atoms with Gasteiger partial charge in [-0.2, -0.15) is 0 Å². The molecular weight excluding hydrogens is 414 g/mol. The van der Waals surface area contributed by atoms with Gasteiger partial charge in [-0.3, -0.25) is 4.79 Å². The summed E-state index contributed by atoms with van der Waals surface area (Å²) in [5.74, 6) is 1.13. The molecule has 5 rings (SSSR count). The molecule has 0 saturated carbocycles. The number of aryl methyl sites for hydroxylation is 1. The summed E-state index contributed by atoms with van der Waals surface area (Å²) in [7, 11) is 0. The molecule has 0 atom stereocenters. The van der Waals surface area contributed by atoms with Crippen LogP contribution in [0.25, 0.3) is 28.5 Å². The predicted octanol–water partition coefficient (Wildman–Crippen LogP) is 5.35. The van der Waals surface area contributed by atoms with Crippen LogP contribution in [0.3, 0.4) is 0 Å². The van der Waals surface area contributed by atoms with Gasteiger partial charge in [0.25, 0.3) is 5.91 Å². The highest BCUT2D eigenvalue weighted by Gasteiger charge is 2.20. The van der Waals surface area contributed by atoms with Crippen LogP contribution >= 0.6 is 0 Å². The summed E-state index contributed by atoms with van der Waals surface area (Å²) >= 11 is 0. The van der Waals surface area contributed by atoms with Gasteiger partial charge in [0.05, 0.1) is 0 Å². The van der Waals surface area contributed by atoms with Gasteiger partial charge in [-0.05, 0) is 73.0 Å². The topological polar surface area (TPSA) is 79.5 Å². The number of carbonyl (C=O) groups excluding carboxylic acids is 1. The van der Waals surface area contributed by atoms with Crippen LogP contribution in [0.2, 0.25) is 0 Å². The summed E-state index contributed by atoms with van der Waals surface area (Å²) in [6.07, 6.45) is 2.85. The Bertz CT molecular complexity index is 1300. The Morgan fingerprint density at radius 2 is 1.42 bits per heavy atom. The third-order valence-corrected chi connectivity index (χ3v) is 5.84. The van der Waals surface area contributed by atoms with Gasteiger partial charge >= 0.3 is 0 Å². The fourth-order valence-electron chi connectivity index (χ4n) is 3.88. The van der Waals surface area contributed by atoms with E-state index in [4.69, 9.17) is 4.42 Å². The average molecular weight is 437 g/mol. The number of phenolic OH excluding ortho intramolecular Hbond substituents is 1. The maximum atomic E-state index is 13.0. The first-order chi connectivity index (χ1) is 16.1. The predicted molar refractivity (Wildman–Crippen MR) is 127 cm³/mol. The second-order valence-electron chi connectivity index (χ2n) is 8.13. The van der Waals surface area contributed by atoms with Crippen LogP contribution in [0.5, 0.6) is 5.75 Å². The fraction of sp³-hybridized carbons (Fsp3) is 0.148. The zero-order valence-electron chi connectivity index (χ0n) is 18.2. The van der Waals surface area contributed by atoms with Crippen LogP contribution < -0.4 is 0 Å². The fourth-order valence-corrected chi connectivity index (χ4v) is 3.88. The van der Waals surface area contributed by atoms with Gasteiger partial charge in [-0.15, -0.1) is 10.2 Å². The minimum absolute atomic E-state index is 0.00608. The lowest BCUT2D eigenvalue weighted by atomic mass is 9.99. The smallest absolute Gasteiger partial charge is 0.254 e. The highest BCUT2D eigenvalue weighted by Crippen LogP contribution is 2.27. The van der Waals surface area contributed by atoms with E-state index in [0.29, 0.717) is 30.4 Å². The highest BCUT2D eigenvalue weighted by atomic mass is 16.4. The van der Waals surface area contributed by atoms with Gasteiger partial charge < -0.3 is 14.4 Å². The van der Waals surface area contributed by atoms with Crippen molar-refractivity contribution in [3.63, 3.8) is 0 Å². The molecule has 6 nitrogen and oxygen atoms in total. The summed E-state index contributed by atoms with van der Waals surface area (Å²) in [5, 5.41) is 17.8. The van der Waals surface area contributed by atoms with E-state index in [2.05, 4.69) is 16.3 Å². The molecule has 1 aromatic heterocycles. The lowest BCUT2D eigenvalue weighted by Crippen LogP contribution is -2.34. The van der Waals surface area contributed by atoms with Crippen molar-refractivity contribution < 1.29 is 14.3 Å². The molecule has 1 amide bonds. The number of hydrogen-bond donors (Lipinski definition) is 1. The molecular formula is C27H23N3O3. The standard InChI is InChI=1S/C27H23N3O3/c1-18-2-4-21(5-3-18)25-28-29-26(33-25)22-6-8-23(9-7-22)27(32)30-16-14-20(15-17-30)19-10-12-24(31)13-11-19/h2-14,31H,15-17H2,1H3. The largest absolute Gasteiger partial charge is 0.508 e. The molecule has 0 spiro atoms. The van der Waals surface area contributed by atoms with E-state index in [0.717, 1.165) is 23.1 Å². The Labute approximate surface area is 191 Å². The van der Waals surface area contributed by atoms with E-state index in [9.17, 15) is 9.90 Å². The molecule has 0 saturated heterocycles. The zero-order chi connectivity index (χ0) is 22.8. The van der Waals surface area contributed by atoms with Crippen molar-refractivity contribution in [2.24, 2.45) is 0 Å². The Balaban J connectivity index is 1.27. The number of nitrogens with zero attached hydrogens (tertiary/aromatic N) is 3. The number of rotatable bonds is 4. The third kappa shape index (κ3) is 4.41. The number of carbonyl (C=O) groups is 1. The van der Waals surface area contributed by atoms with Crippen molar-refractivity contribution in [3.8, 4) is 28.7 Å². The first kappa shape index (κ1) is 20.7. The van der Waals surface area contributed by atoms with Gasteiger partial charge in [-0.1, -0.05) is 35.9 Å². The number of amides is 1. The number of benzene rings is 3. The molecule has 4 aromatic rings. The van der Waals surface area contributed by atoms with Crippen molar-refractivity contribution in [1.82, 2.24) is 15.1 Å². The zero-order valence-corrected chi connectivity index (χ0v) is 18.2. The van der Waals surface area contributed by atoms with Gasteiger partial charge in [0.1, 0.15) is 5.75 Å². The maximum absolute atomic E-state index is 13.0. The van der Waals surface area contributed by atoms with Crippen LogP contribution in [0.4, 0.5) is 0 Å². The first-order valence-electron chi connectivity index (χ1n) is 10.9. The molecule has 164 valence electrons. The Morgan fingerprint density at radius 3 is 2.00 bits per heavy atom. The van der Waals surface area contributed by atoms with Crippen molar-refractivity contribution >= 4 is 11.5 Å². The van der Waals surface area contributed by atoms with Crippen LogP contribution in [0.1, 0.15) is 27.9 Å². The molecule has 1 N–H and O–H groups in total. The Hall–Kier alpha value is -4.19. The monoisotopic (exact) mass is 437 g/mol. The van der Waals surface area contributed by atoms with Crippen molar-refractivity contribution in [2.45, 2.75) is 13.3 Å². The van der Waals surface area contributed by atoms with E-state index >= 15 is 0 Å². The number of aromatic hydroxyl groups is 1. The second kappa shape index (κ2) is 8.74. The average Bonchev–Trinajstić information content (AvgIpc) is 3.35. The van der Waals surface area contributed by atoms with Crippen LogP contribution in [-0.2, 0) is 0 Å². The van der Waals surface area contributed by atoms with E-state index in [-0.39, 0.29) is 11.7 Å². The summed E-state index contributed by atoms with van der Waals surface area (Å²) in [6, 6.07) is 22.3. The minimum Gasteiger partial charge on any atom is -0.508 e. The molecule has 0 bridgehead atoms. The Kier molecular flexibility index (Phi) is 5.48. The normalized spacial score (nSPS) is 13.6. The minimum atomic E-state index is -0.00608. The summed E-state index contributed by atoms with van der Waals surface area (Å²) < 4.78 is 5.83. The molecule has 6 heteroatoms. The van der Waals surface area contributed by atoms with E-state index in [1.165, 1.54) is 11.1 Å². The maximum Gasteiger partial charge on any atom is 0.254 e. The Morgan fingerprint density at radius 1 is 0.848 bits per heavy atom. The first-order valence-corrected chi connectivity index (χ1v) is 10.9. The lowest BCUT2D eigenvalue weighted by Gasteiger charge is -2.27. The number of aromatic nitrogens is 2. The molecule has 0 radical (unpaired) electrons. The van der Waals surface area contributed by atoms with Crippen LogP contribution in [0, 0.1) is 6.92 Å². The van der Waals surface area contributed by atoms with Crippen LogP contribution in [0.15, 0.2) is 83.3 Å². The molecule has 0 fully saturated rings. The second-order valence-corrected chi connectivity index (χ2v) is 8.13. The van der Waals surface area contributed by atoms with E-state index in [1.807, 2.05) is 60.4 Å². The van der Waals surface area contributed by atoms with Crippen molar-refractivity contribution in [3.05, 3.63) is 95.6 Å². The quantitative estimate of drug-likeness (QED) is 0.466. The van der Waals surface area contributed by atoms with E-state index < -0.39 is 0 Å². The molecule has 33 heavy (non-hydrogen) atoms. The van der Waals surface area contributed by atoms with Gasteiger partial charge in [0.15, 0.2) is 0 Å². The lowest BCUT2D eigenvalue weighted by molar-refractivity contribution is 0.0773. The molecule has 1 aliphatic rings. The highest BCUT2D eigenvalue weighted by molar-refractivity contribution is 5.95. The molecule has 0 aliphatic carbocycles. The van der Waals surface area contributed by atoms with E-state index in [1.54, 1.807) is 24.3 Å².